The summed E-state index contributed by atoms with van der Waals surface area (Å²) in [5.41, 5.74) is 3.55. The summed E-state index contributed by atoms with van der Waals surface area (Å²) in [6.07, 6.45) is 2.79. The van der Waals surface area contributed by atoms with Gasteiger partial charge in [0.2, 0.25) is 0 Å². The Balaban J connectivity index is 1.46. The minimum atomic E-state index is -0.121. The molecule has 0 saturated carbocycles. The number of aromatic nitrogens is 1. The first-order valence-electron chi connectivity index (χ1n) is 10.4. The molecular weight excluding hydrogens is 374 g/mol. The second-order valence-corrected chi connectivity index (χ2v) is 7.84. The van der Waals surface area contributed by atoms with Gasteiger partial charge in [-0.2, -0.15) is 0 Å². The number of benzene rings is 2. The molecule has 3 aromatic rings. The largest absolute Gasteiger partial charge is 0.372 e. The lowest BCUT2D eigenvalue weighted by atomic mass is 9.99. The van der Waals surface area contributed by atoms with Crippen molar-refractivity contribution in [2.24, 2.45) is 0 Å². The van der Waals surface area contributed by atoms with Gasteiger partial charge in [-0.3, -0.25) is 4.79 Å². The van der Waals surface area contributed by atoms with Gasteiger partial charge in [0.25, 0.3) is 5.91 Å². The van der Waals surface area contributed by atoms with Crippen LogP contribution in [0.1, 0.15) is 35.3 Å². The van der Waals surface area contributed by atoms with Crippen molar-refractivity contribution in [2.75, 3.05) is 23.3 Å². The van der Waals surface area contributed by atoms with Crippen molar-refractivity contribution < 1.29 is 9.53 Å². The van der Waals surface area contributed by atoms with Gasteiger partial charge in [-0.15, -0.1) is 0 Å². The Hall–Kier alpha value is -3.18. The number of carbonyl (C=O) groups is 1. The van der Waals surface area contributed by atoms with E-state index in [1.807, 2.05) is 54.6 Å². The highest BCUT2D eigenvalue weighted by Gasteiger charge is 2.23. The van der Waals surface area contributed by atoms with Crippen molar-refractivity contribution in [3.05, 3.63) is 89.6 Å². The highest BCUT2D eigenvalue weighted by molar-refractivity contribution is 6.05. The standard InChI is InChI=1S/C25H27N3O2/c1-18-16-28(17-19(2)30-18)24-13-12-22(15-26-24)27-25(29)23-11-7-6-10-21(23)14-20-8-4-3-5-9-20/h3-13,15,18-19H,14,16-17H2,1-2H3,(H,27,29). The quantitative estimate of drug-likeness (QED) is 0.682. The third-order valence-electron chi connectivity index (χ3n) is 5.25. The first kappa shape index (κ1) is 20.1. The summed E-state index contributed by atoms with van der Waals surface area (Å²) in [6, 6.07) is 21.8. The average molecular weight is 402 g/mol. The van der Waals surface area contributed by atoms with E-state index in [0.29, 0.717) is 11.3 Å². The Morgan fingerprint density at radius 3 is 2.40 bits per heavy atom. The van der Waals surface area contributed by atoms with Gasteiger partial charge >= 0.3 is 0 Å². The maximum atomic E-state index is 12.9. The number of nitrogens with one attached hydrogen (secondary N) is 1. The van der Waals surface area contributed by atoms with Crippen molar-refractivity contribution in [1.82, 2.24) is 4.98 Å². The van der Waals surface area contributed by atoms with E-state index in [1.54, 1.807) is 6.20 Å². The molecule has 1 N–H and O–H groups in total. The molecule has 4 rings (SSSR count). The summed E-state index contributed by atoms with van der Waals surface area (Å²) in [7, 11) is 0. The Labute approximate surface area is 177 Å². The number of anilines is 2. The zero-order valence-corrected chi connectivity index (χ0v) is 17.4. The van der Waals surface area contributed by atoms with Crippen molar-refractivity contribution in [3.8, 4) is 0 Å². The van der Waals surface area contributed by atoms with Crippen LogP contribution < -0.4 is 10.2 Å². The number of pyridine rings is 1. The van der Waals surface area contributed by atoms with E-state index in [4.69, 9.17) is 4.74 Å². The maximum Gasteiger partial charge on any atom is 0.255 e. The van der Waals surface area contributed by atoms with E-state index in [-0.39, 0.29) is 18.1 Å². The molecule has 0 aliphatic carbocycles. The normalized spacial score (nSPS) is 18.8. The number of hydrogen-bond donors (Lipinski definition) is 1. The highest BCUT2D eigenvalue weighted by atomic mass is 16.5. The van der Waals surface area contributed by atoms with Crippen LogP contribution in [0.25, 0.3) is 0 Å². The van der Waals surface area contributed by atoms with Crippen LogP contribution in [0.15, 0.2) is 72.9 Å². The van der Waals surface area contributed by atoms with Crippen LogP contribution in [0, 0.1) is 0 Å². The van der Waals surface area contributed by atoms with Crippen molar-refractivity contribution in [2.45, 2.75) is 32.5 Å². The first-order valence-corrected chi connectivity index (χ1v) is 10.4. The molecule has 1 amide bonds. The molecule has 154 valence electrons. The number of morpholine rings is 1. The topological polar surface area (TPSA) is 54.5 Å². The van der Waals surface area contributed by atoms with Gasteiger partial charge in [-0.25, -0.2) is 4.98 Å². The Kier molecular flexibility index (Phi) is 6.10. The zero-order valence-electron chi connectivity index (χ0n) is 17.4. The Morgan fingerprint density at radius 1 is 1.00 bits per heavy atom. The lowest BCUT2D eigenvalue weighted by Gasteiger charge is -2.36. The van der Waals surface area contributed by atoms with E-state index in [1.165, 1.54) is 5.56 Å². The van der Waals surface area contributed by atoms with Crippen LogP contribution >= 0.6 is 0 Å². The van der Waals surface area contributed by atoms with Gasteiger partial charge in [0.15, 0.2) is 0 Å². The summed E-state index contributed by atoms with van der Waals surface area (Å²) in [4.78, 5) is 19.7. The molecule has 2 atom stereocenters. The second kappa shape index (κ2) is 9.09. The van der Waals surface area contributed by atoms with Crippen molar-refractivity contribution in [1.29, 1.82) is 0 Å². The molecule has 0 spiro atoms. The molecule has 5 heteroatoms. The molecule has 0 radical (unpaired) electrons. The fraction of sp³-hybridized carbons (Fsp3) is 0.280. The Bertz CT molecular complexity index is 979. The van der Waals surface area contributed by atoms with Gasteiger partial charge in [-0.1, -0.05) is 48.5 Å². The molecule has 1 saturated heterocycles. The molecule has 30 heavy (non-hydrogen) atoms. The summed E-state index contributed by atoms with van der Waals surface area (Å²) < 4.78 is 5.79. The van der Waals surface area contributed by atoms with Crippen molar-refractivity contribution in [3.63, 3.8) is 0 Å². The number of amides is 1. The van der Waals surface area contributed by atoms with E-state index in [2.05, 4.69) is 41.2 Å². The SMILES string of the molecule is CC1CN(c2ccc(NC(=O)c3ccccc3Cc3ccccc3)cn2)CC(C)O1. The van der Waals surface area contributed by atoms with Gasteiger partial charge in [-0.05, 0) is 49.6 Å². The predicted molar refractivity (Wildman–Crippen MR) is 120 cm³/mol. The van der Waals surface area contributed by atoms with E-state index in [0.717, 1.165) is 30.9 Å². The molecule has 2 heterocycles. The molecule has 5 nitrogen and oxygen atoms in total. The maximum absolute atomic E-state index is 12.9. The summed E-state index contributed by atoms with van der Waals surface area (Å²) in [5.74, 6) is 0.782. The summed E-state index contributed by atoms with van der Waals surface area (Å²) in [5, 5.41) is 2.99. The average Bonchev–Trinajstić information content (AvgIpc) is 2.75. The van der Waals surface area contributed by atoms with Gasteiger partial charge in [0, 0.05) is 18.7 Å². The van der Waals surface area contributed by atoms with Crippen LogP contribution in [-0.2, 0) is 11.2 Å². The molecule has 1 aliphatic heterocycles. The number of ether oxygens (including phenoxy) is 1. The molecule has 2 aromatic carbocycles. The minimum Gasteiger partial charge on any atom is -0.372 e. The highest BCUT2D eigenvalue weighted by Crippen LogP contribution is 2.21. The fourth-order valence-electron chi connectivity index (χ4n) is 3.92. The van der Waals surface area contributed by atoms with E-state index < -0.39 is 0 Å². The summed E-state index contributed by atoms with van der Waals surface area (Å²) in [6.45, 7) is 5.78. The number of rotatable bonds is 5. The third kappa shape index (κ3) is 4.86. The molecular formula is C25H27N3O2. The fourth-order valence-corrected chi connectivity index (χ4v) is 3.92. The van der Waals surface area contributed by atoms with Crippen LogP contribution in [0.5, 0.6) is 0 Å². The van der Waals surface area contributed by atoms with Crippen LogP contribution in [0.2, 0.25) is 0 Å². The van der Waals surface area contributed by atoms with Gasteiger partial charge in [0.05, 0.1) is 24.1 Å². The number of nitrogens with zero attached hydrogens (tertiary/aromatic N) is 2. The predicted octanol–water partition coefficient (Wildman–Crippen LogP) is 4.54. The second-order valence-electron chi connectivity index (χ2n) is 7.84. The molecule has 1 fully saturated rings. The molecule has 2 unspecified atom stereocenters. The van der Waals surface area contributed by atoms with E-state index >= 15 is 0 Å². The number of carbonyl (C=O) groups excluding carboxylic acids is 1. The Morgan fingerprint density at radius 2 is 1.70 bits per heavy atom. The van der Waals surface area contributed by atoms with Gasteiger partial charge in [0.1, 0.15) is 5.82 Å². The smallest absolute Gasteiger partial charge is 0.255 e. The van der Waals surface area contributed by atoms with Crippen LogP contribution in [0.4, 0.5) is 11.5 Å². The zero-order chi connectivity index (χ0) is 20.9. The molecule has 1 aliphatic rings. The first-order chi connectivity index (χ1) is 14.6. The molecule has 0 bridgehead atoms. The van der Waals surface area contributed by atoms with Gasteiger partial charge < -0.3 is 15.0 Å². The summed E-state index contributed by atoms with van der Waals surface area (Å²) >= 11 is 0. The van der Waals surface area contributed by atoms with Crippen molar-refractivity contribution >= 4 is 17.4 Å². The minimum absolute atomic E-state index is 0.121. The lowest BCUT2D eigenvalue weighted by molar-refractivity contribution is -0.00545. The molecule has 1 aromatic heterocycles. The van der Waals surface area contributed by atoms with Crippen LogP contribution in [-0.4, -0.2) is 36.2 Å². The third-order valence-corrected chi connectivity index (χ3v) is 5.25. The monoisotopic (exact) mass is 401 g/mol. The van der Waals surface area contributed by atoms with E-state index in [9.17, 15) is 4.79 Å². The lowest BCUT2D eigenvalue weighted by Crippen LogP contribution is -2.45. The van der Waals surface area contributed by atoms with Crippen LogP contribution in [0.3, 0.4) is 0 Å². The number of hydrogen-bond acceptors (Lipinski definition) is 4.